The molecule has 480 valence electrons. The molecule has 0 rings (SSSR count). The molecule has 3 atom stereocenters. The number of aliphatic hydroxyl groups excluding tert-OH is 1. The molecule has 1 amide bonds. The van der Waals surface area contributed by atoms with Crippen molar-refractivity contribution in [1.29, 1.82) is 0 Å². The number of phosphoric ester groups is 1. The van der Waals surface area contributed by atoms with Crippen LogP contribution in [0.15, 0.2) is 109 Å². The molecule has 0 aliphatic heterocycles. The molecule has 0 aromatic heterocycles. The third-order valence-electron chi connectivity index (χ3n) is 15.2. The van der Waals surface area contributed by atoms with Crippen molar-refractivity contribution in [2.75, 3.05) is 40.9 Å². The van der Waals surface area contributed by atoms with Gasteiger partial charge in [0, 0.05) is 6.42 Å². The summed E-state index contributed by atoms with van der Waals surface area (Å²) >= 11 is 0. The fraction of sp³-hybridized carbons (Fsp3) is 0.743. The summed E-state index contributed by atoms with van der Waals surface area (Å²) in [5.74, 6) is -0.209. The lowest BCUT2D eigenvalue weighted by Crippen LogP contribution is -2.45. The predicted molar refractivity (Wildman–Crippen MR) is 362 cm³/mol. The third-order valence-corrected chi connectivity index (χ3v) is 16.2. The van der Waals surface area contributed by atoms with Crippen LogP contribution in [-0.4, -0.2) is 68.5 Å². The van der Waals surface area contributed by atoms with Gasteiger partial charge in [-0.3, -0.25) is 9.36 Å². The number of likely N-dealkylation sites (N-methyl/N-ethyl adjacent to an activating group) is 1. The van der Waals surface area contributed by atoms with E-state index in [-0.39, 0.29) is 12.5 Å². The van der Waals surface area contributed by atoms with E-state index in [0.29, 0.717) is 17.4 Å². The highest BCUT2D eigenvalue weighted by Gasteiger charge is 2.23. The first-order valence-electron chi connectivity index (χ1n) is 34.7. The lowest BCUT2D eigenvalue weighted by atomic mass is 10.0. The normalized spacial score (nSPS) is 14.3. The van der Waals surface area contributed by atoms with Crippen molar-refractivity contribution in [2.24, 2.45) is 0 Å². The minimum atomic E-state index is -4.62. The van der Waals surface area contributed by atoms with Crippen molar-refractivity contribution in [3.8, 4) is 0 Å². The molecule has 0 aliphatic rings. The predicted octanol–water partition coefficient (Wildman–Crippen LogP) is 21.6. The standard InChI is InChI=1S/C74H133N2O6P/c1-6-8-10-12-14-16-18-20-22-24-26-28-29-30-31-32-33-34-35-36-37-38-39-40-41-42-43-44-45-46-47-48-50-52-54-56-58-60-62-64-66-68-74(78)75-72(71-82-83(79,80)81-70-69-76(3,4)5)73(77)67-65-63-61-59-57-55-53-51-49-27-25-23-21-19-17-15-13-11-9-7-2/h8,10,14,16,20,22,26,28,30-31,33-34,49,51,57,59,65,67,72-73,77H,6-7,9,11-13,15,17-19,21,23-25,27,29,32,35-48,50,52-56,58,60-64,66,68-71H2,1-5H3,(H-,75,78,79,80)/b10-8-,16-14-,22-20-,28-26-,31-30-,34-33-,51-49+,59-57+,67-65+. The van der Waals surface area contributed by atoms with Crippen LogP contribution in [-0.2, 0) is 18.4 Å². The van der Waals surface area contributed by atoms with Crippen LogP contribution in [0.2, 0.25) is 0 Å². The Labute approximate surface area is 514 Å². The summed E-state index contributed by atoms with van der Waals surface area (Å²) < 4.78 is 23.4. The average Bonchev–Trinajstić information content (AvgIpc) is 3.49. The molecule has 3 unspecified atom stereocenters. The van der Waals surface area contributed by atoms with Gasteiger partial charge in [0.25, 0.3) is 7.82 Å². The number of hydrogen-bond acceptors (Lipinski definition) is 6. The summed E-state index contributed by atoms with van der Waals surface area (Å²) in [5, 5.41) is 13.9. The van der Waals surface area contributed by atoms with Gasteiger partial charge in [0.2, 0.25) is 5.91 Å². The molecular formula is C74H133N2O6P. The monoisotopic (exact) mass is 1180 g/mol. The van der Waals surface area contributed by atoms with Crippen LogP contribution in [0.3, 0.4) is 0 Å². The number of unbranched alkanes of at least 4 members (excludes halogenated alkanes) is 34. The molecule has 0 bridgehead atoms. The summed E-state index contributed by atoms with van der Waals surface area (Å²) in [6.45, 7) is 4.52. The van der Waals surface area contributed by atoms with Crippen LogP contribution >= 0.6 is 7.82 Å². The first kappa shape index (κ1) is 80.2. The number of nitrogens with zero attached hydrogens (tertiary/aromatic N) is 1. The summed E-state index contributed by atoms with van der Waals surface area (Å²) in [6, 6.07) is -0.914. The van der Waals surface area contributed by atoms with Gasteiger partial charge in [-0.05, 0) is 96.3 Å². The zero-order chi connectivity index (χ0) is 60.5. The molecule has 83 heavy (non-hydrogen) atoms. The number of nitrogens with one attached hydrogen (secondary N) is 1. The molecule has 9 heteroatoms. The second-order valence-corrected chi connectivity index (χ2v) is 25.9. The fourth-order valence-corrected chi connectivity index (χ4v) is 10.6. The number of rotatable bonds is 63. The Bertz CT molecular complexity index is 1720. The van der Waals surface area contributed by atoms with Crippen molar-refractivity contribution in [3.05, 3.63) is 109 Å². The lowest BCUT2D eigenvalue weighted by Gasteiger charge is -2.29. The minimum absolute atomic E-state index is 0.0109. The van der Waals surface area contributed by atoms with E-state index in [1.165, 1.54) is 199 Å². The van der Waals surface area contributed by atoms with Gasteiger partial charge < -0.3 is 28.8 Å². The van der Waals surface area contributed by atoms with E-state index in [1.807, 2.05) is 27.2 Å². The van der Waals surface area contributed by atoms with E-state index < -0.39 is 26.6 Å². The second-order valence-electron chi connectivity index (χ2n) is 24.5. The van der Waals surface area contributed by atoms with Crippen molar-refractivity contribution in [2.45, 2.75) is 315 Å². The van der Waals surface area contributed by atoms with Crippen LogP contribution in [0.5, 0.6) is 0 Å². The highest BCUT2D eigenvalue weighted by atomic mass is 31.2. The van der Waals surface area contributed by atoms with Crippen LogP contribution in [0.4, 0.5) is 0 Å². The zero-order valence-electron chi connectivity index (χ0n) is 54.9. The number of quaternary nitrogens is 1. The van der Waals surface area contributed by atoms with Gasteiger partial charge in [-0.1, -0.05) is 309 Å². The maximum absolute atomic E-state index is 13.0. The topological polar surface area (TPSA) is 108 Å². The van der Waals surface area contributed by atoms with Gasteiger partial charge >= 0.3 is 0 Å². The molecular weight excluding hydrogens is 1040 g/mol. The Hall–Kier alpha value is -2.84. The highest BCUT2D eigenvalue weighted by molar-refractivity contribution is 7.45. The number of hydrogen-bond donors (Lipinski definition) is 2. The molecule has 8 nitrogen and oxygen atoms in total. The molecule has 0 aromatic rings. The Balaban J connectivity index is 4.00. The van der Waals surface area contributed by atoms with Gasteiger partial charge in [-0.15, -0.1) is 0 Å². The number of amides is 1. The lowest BCUT2D eigenvalue weighted by molar-refractivity contribution is -0.870. The van der Waals surface area contributed by atoms with E-state index in [4.69, 9.17) is 9.05 Å². The molecule has 0 saturated carbocycles. The number of aliphatic hydroxyl groups is 1. The van der Waals surface area contributed by atoms with Crippen LogP contribution in [0.25, 0.3) is 0 Å². The van der Waals surface area contributed by atoms with Gasteiger partial charge in [-0.25, -0.2) is 0 Å². The van der Waals surface area contributed by atoms with E-state index in [9.17, 15) is 19.4 Å². The second kappa shape index (κ2) is 63.7. The average molecular weight is 1180 g/mol. The smallest absolute Gasteiger partial charge is 0.268 e. The summed E-state index contributed by atoms with van der Waals surface area (Å²) in [5.41, 5.74) is 0. The molecule has 0 radical (unpaired) electrons. The molecule has 0 aromatic carbocycles. The number of allylic oxidation sites excluding steroid dienone is 17. The summed E-state index contributed by atoms with van der Waals surface area (Å²) in [4.78, 5) is 25.6. The maximum atomic E-state index is 13.0. The SMILES string of the molecule is CC/C=C\C/C=C\C/C=C\C/C=C\C/C=C\C/C=C\CCCCCCCCCCCCCCCCCCCCCCCCC(=O)NC(COP(=O)([O-])OCC[N+](C)(C)C)C(O)/C=C/CC/C=C/CC/C=C/CCCCCCCCCCCC. The number of phosphoric acid groups is 1. The summed E-state index contributed by atoms with van der Waals surface area (Å²) in [6.07, 6.45) is 93.6. The van der Waals surface area contributed by atoms with Gasteiger partial charge in [-0.2, -0.15) is 0 Å². The Morgan fingerprint density at radius 2 is 0.747 bits per heavy atom. The fourth-order valence-electron chi connectivity index (χ4n) is 9.84. The first-order valence-corrected chi connectivity index (χ1v) is 36.2. The Morgan fingerprint density at radius 1 is 0.434 bits per heavy atom. The minimum Gasteiger partial charge on any atom is -0.756 e. The highest BCUT2D eigenvalue weighted by Crippen LogP contribution is 2.38. The molecule has 0 aliphatic carbocycles. The van der Waals surface area contributed by atoms with E-state index in [1.54, 1.807) is 6.08 Å². The molecule has 0 spiro atoms. The largest absolute Gasteiger partial charge is 0.756 e. The van der Waals surface area contributed by atoms with E-state index >= 15 is 0 Å². The van der Waals surface area contributed by atoms with E-state index in [2.05, 4.69) is 116 Å². The molecule has 0 heterocycles. The molecule has 0 fully saturated rings. The van der Waals surface area contributed by atoms with Crippen LogP contribution < -0.4 is 10.2 Å². The third kappa shape index (κ3) is 66.5. The van der Waals surface area contributed by atoms with Crippen molar-refractivity contribution >= 4 is 13.7 Å². The van der Waals surface area contributed by atoms with Gasteiger partial charge in [0.05, 0.1) is 39.9 Å². The molecule has 0 saturated heterocycles. The Kier molecular flexibility index (Phi) is 61.5. The quantitative estimate of drug-likeness (QED) is 0.0272. The van der Waals surface area contributed by atoms with Gasteiger partial charge in [0.1, 0.15) is 13.2 Å². The van der Waals surface area contributed by atoms with Crippen molar-refractivity contribution < 1.29 is 32.9 Å². The first-order chi connectivity index (χ1) is 40.5. The summed E-state index contributed by atoms with van der Waals surface area (Å²) in [7, 11) is 1.24. The Morgan fingerprint density at radius 3 is 1.12 bits per heavy atom. The van der Waals surface area contributed by atoms with Crippen molar-refractivity contribution in [1.82, 2.24) is 5.32 Å². The van der Waals surface area contributed by atoms with Crippen LogP contribution in [0.1, 0.15) is 303 Å². The van der Waals surface area contributed by atoms with Crippen molar-refractivity contribution in [3.63, 3.8) is 0 Å². The van der Waals surface area contributed by atoms with Crippen LogP contribution in [0, 0.1) is 0 Å². The van der Waals surface area contributed by atoms with E-state index in [0.717, 1.165) is 83.5 Å². The zero-order valence-corrected chi connectivity index (χ0v) is 55.8. The van der Waals surface area contributed by atoms with Gasteiger partial charge in [0.15, 0.2) is 0 Å². The molecule has 2 N–H and O–H groups in total. The number of carbonyl (C=O) groups excluding carboxylic acids is 1. The maximum Gasteiger partial charge on any atom is 0.268 e. The number of carbonyl (C=O) groups is 1.